The van der Waals surface area contributed by atoms with Crippen LogP contribution in [0.15, 0.2) is 24.3 Å². The van der Waals surface area contributed by atoms with E-state index in [4.69, 9.17) is 0 Å². The predicted molar refractivity (Wildman–Crippen MR) is 91.2 cm³/mol. The van der Waals surface area contributed by atoms with Crippen molar-refractivity contribution in [2.45, 2.75) is 33.7 Å². The van der Waals surface area contributed by atoms with Gasteiger partial charge in [0.2, 0.25) is 0 Å². The average Bonchev–Trinajstić information content (AvgIpc) is 2.83. The lowest BCUT2D eigenvalue weighted by Crippen LogP contribution is -2.30. The molecule has 1 heterocycles. The van der Waals surface area contributed by atoms with E-state index in [9.17, 15) is 14.9 Å². The molecule has 8 heteroatoms. The molecule has 0 spiro atoms. The van der Waals surface area contributed by atoms with Gasteiger partial charge in [-0.05, 0) is 44.9 Å². The van der Waals surface area contributed by atoms with E-state index in [0.717, 1.165) is 24.4 Å². The standard InChI is InChI=1S/C16H21N5O3/c1-11-9-14(21(23)24)5-6-15(11)18-16(22)17-7-4-8-20-13(3)10-12(2)19-20/h5-6,9-10H,4,7-8H2,1-3H3,(H2,17,18,22). The average molecular weight is 331 g/mol. The summed E-state index contributed by atoms with van der Waals surface area (Å²) in [5, 5.41) is 20.5. The summed E-state index contributed by atoms with van der Waals surface area (Å²) in [6.45, 7) is 6.90. The molecule has 0 unspecified atom stereocenters. The number of carbonyl (C=O) groups is 1. The maximum absolute atomic E-state index is 11.9. The molecule has 2 N–H and O–H groups in total. The third kappa shape index (κ3) is 4.55. The normalized spacial score (nSPS) is 10.5. The highest BCUT2D eigenvalue weighted by Gasteiger charge is 2.10. The minimum Gasteiger partial charge on any atom is -0.338 e. The third-order valence-electron chi connectivity index (χ3n) is 3.60. The molecular formula is C16H21N5O3. The number of hydrogen-bond donors (Lipinski definition) is 2. The topological polar surface area (TPSA) is 102 Å². The van der Waals surface area contributed by atoms with Crippen LogP contribution in [0.3, 0.4) is 0 Å². The summed E-state index contributed by atoms with van der Waals surface area (Å²) in [6.07, 6.45) is 0.759. The lowest BCUT2D eigenvalue weighted by Gasteiger charge is -2.10. The van der Waals surface area contributed by atoms with Crippen molar-refractivity contribution in [1.29, 1.82) is 0 Å². The second kappa shape index (κ2) is 7.58. The highest BCUT2D eigenvalue weighted by Crippen LogP contribution is 2.20. The molecule has 128 valence electrons. The summed E-state index contributed by atoms with van der Waals surface area (Å²) >= 11 is 0. The first-order valence-corrected chi connectivity index (χ1v) is 7.68. The van der Waals surface area contributed by atoms with Gasteiger partial charge >= 0.3 is 6.03 Å². The van der Waals surface area contributed by atoms with Crippen LogP contribution in [0.4, 0.5) is 16.2 Å². The van der Waals surface area contributed by atoms with Crippen molar-refractivity contribution in [2.24, 2.45) is 0 Å². The minimum absolute atomic E-state index is 0.00310. The fourth-order valence-electron chi connectivity index (χ4n) is 2.40. The Morgan fingerprint density at radius 3 is 2.62 bits per heavy atom. The summed E-state index contributed by atoms with van der Waals surface area (Å²) in [4.78, 5) is 22.1. The number of nitro benzene ring substituents is 1. The molecule has 24 heavy (non-hydrogen) atoms. The maximum Gasteiger partial charge on any atom is 0.319 e. The molecule has 0 aliphatic heterocycles. The van der Waals surface area contributed by atoms with Crippen molar-refractivity contribution < 1.29 is 9.72 Å². The molecule has 1 aromatic carbocycles. The molecule has 0 aliphatic rings. The lowest BCUT2D eigenvalue weighted by atomic mass is 10.2. The largest absolute Gasteiger partial charge is 0.338 e. The quantitative estimate of drug-likeness (QED) is 0.482. The molecule has 0 radical (unpaired) electrons. The van der Waals surface area contributed by atoms with Gasteiger partial charge in [-0.15, -0.1) is 0 Å². The smallest absolute Gasteiger partial charge is 0.319 e. The molecule has 0 aliphatic carbocycles. The van der Waals surface area contributed by atoms with Crippen LogP contribution >= 0.6 is 0 Å². The number of aromatic nitrogens is 2. The van der Waals surface area contributed by atoms with Crippen molar-refractivity contribution in [1.82, 2.24) is 15.1 Å². The second-order valence-electron chi connectivity index (χ2n) is 5.64. The van der Waals surface area contributed by atoms with E-state index in [1.165, 1.54) is 18.2 Å². The van der Waals surface area contributed by atoms with Gasteiger partial charge in [-0.2, -0.15) is 5.10 Å². The van der Waals surface area contributed by atoms with Crippen molar-refractivity contribution in [3.05, 3.63) is 51.3 Å². The van der Waals surface area contributed by atoms with Gasteiger partial charge in [-0.1, -0.05) is 0 Å². The Labute approximate surface area is 140 Å². The molecular weight excluding hydrogens is 310 g/mol. The number of carbonyl (C=O) groups excluding carboxylic acids is 1. The van der Waals surface area contributed by atoms with Gasteiger partial charge in [0.15, 0.2) is 0 Å². The van der Waals surface area contributed by atoms with E-state index in [1.54, 1.807) is 6.92 Å². The first-order chi connectivity index (χ1) is 11.4. The van der Waals surface area contributed by atoms with Gasteiger partial charge in [-0.3, -0.25) is 14.8 Å². The summed E-state index contributed by atoms with van der Waals surface area (Å²) in [6, 6.07) is 6.00. The molecule has 2 aromatic rings. The summed E-state index contributed by atoms with van der Waals surface area (Å²) in [5.41, 5.74) is 3.27. The number of rotatable bonds is 6. The molecule has 0 fully saturated rings. The Morgan fingerprint density at radius 2 is 2.04 bits per heavy atom. The number of hydrogen-bond acceptors (Lipinski definition) is 4. The van der Waals surface area contributed by atoms with Crippen LogP contribution in [0.2, 0.25) is 0 Å². The van der Waals surface area contributed by atoms with Crippen LogP contribution in [0.25, 0.3) is 0 Å². The van der Waals surface area contributed by atoms with Crippen LogP contribution in [-0.4, -0.2) is 27.3 Å². The van der Waals surface area contributed by atoms with Crippen molar-refractivity contribution in [3.63, 3.8) is 0 Å². The molecule has 0 bridgehead atoms. The van der Waals surface area contributed by atoms with Gasteiger partial charge in [0, 0.05) is 36.6 Å². The molecule has 8 nitrogen and oxygen atoms in total. The highest BCUT2D eigenvalue weighted by atomic mass is 16.6. The zero-order valence-corrected chi connectivity index (χ0v) is 14.0. The Bertz CT molecular complexity index is 754. The van der Waals surface area contributed by atoms with Gasteiger partial charge in [0.05, 0.1) is 10.6 Å². The predicted octanol–water partition coefficient (Wildman–Crippen LogP) is 2.93. The van der Waals surface area contributed by atoms with Gasteiger partial charge in [0.1, 0.15) is 0 Å². The first-order valence-electron chi connectivity index (χ1n) is 7.68. The summed E-state index contributed by atoms with van der Waals surface area (Å²) in [5.74, 6) is 0. The van der Waals surface area contributed by atoms with E-state index in [2.05, 4.69) is 15.7 Å². The number of nitro groups is 1. The van der Waals surface area contributed by atoms with Crippen LogP contribution < -0.4 is 10.6 Å². The van der Waals surface area contributed by atoms with E-state index in [0.29, 0.717) is 17.8 Å². The monoisotopic (exact) mass is 331 g/mol. The Morgan fingerprint density at radius 1 is 1.29 bits per heavy atom. The van der Waals surface area contributed by atoms with Crippen molar-refractivity contribution in [2.75, 3.05) is 11.9 Å². The van der Waals surface area contributed by atoms with Crippen molar-refractivity contribution in [3.8, 4) is 0 Å². The van der Waals surface area contributed by atoms with Crippen molar-refractivity contribution >= 4 is 17.4 Å². The number of nitrogens with zero attached hydrogens (tertiary/aromatic N) is 3. The molecule has 0 saturated carbocycles. The number of benzene rings is 1. The zero-order valence-electron chi connectivity index (χ0n) is 14.0. The van der Waals surface area contributed by atoms with Gasteiger partial charge in [0.25, 0.3) is 5.69 Å². The Balaban J connectivity index is 1.79. The second-order valence-corrected chi connectivity index (χ2v) is 5.64. The molecule has 2 rings (SSSR count). The summed E-state index contributed by atoms with van der Waals surface area (Å²) < 4.78 is 1.91. The maximum atomic E-state index is 11.9. The highest BCUT2D eigenvalue weighted by molar-refractivity contribution is 5.90. The molecule has 0 saturated heterocycles. The van der Waals surface area contributed by atoms with Gasteiger partial charge in [-0.25, -0.2) is 4.79 Å². The number of amides is 2. The Kier molecular flexibility index (Phi) is 5.51. The fraction of sp³-hybridized carbons (Fsp3) is 0.375. The lowest BCUT2D eigenvalue weighted by molar-refractivity contribution is -0.384. The SMILES string of the molecule is Cc1cc(C)n(CCCNC(=O)Nc2ccc([N+](=O)[O-])cc2C)n1. The van der Waals surface area contributed by atoms with Crippen LogP contribution in [-0.2, 0) is 6.54 Å². The summed E-state index contributed by atoms with van der Waals surface area (Å²) in [7, 11) is 0. The number of nitrogens with one attached hydrogen (secondary N) is 2. The molecule has 0 atom stereocenters. The van der Waals surface area contributed by atoms with E-state index >= 15 is 0 Å². The Hall–Kier alpha value is -2.90. The number of urea groups is 1. The molecule has 2 amide bonds. The molecule has 1 aromatic heterocycles. The van der Waals surface area contributed by atoms with Crippen LogP contribution in [0, 0.1) is 30.9 Å². The fourth-order valence-corrected chi connectivity index (χ4v) is 2.40. The van der Waals surface area contributed by atoms with Crippen LogP contribution in [0.5, 0.6) is 0 Å². The van der Waals surface area contributed by atoms with Gasteiger partial charge < -0.3 is 10.6 Å². The van der Waals surface area contributed by atoms with E-state index in [-0.39, 0.29) is 11.7 Å². The number of aryl methyl sites for hydroxylation is 4. The van der Waals surface area contributed by atoms with E-state index in [1.807, 2.05) is 24.6 Å². The number of non-ortho nitro benzene ring substituents is 1. The minimum atomic E-state index is -0.462. The number of anilines is 1. The van der Waals surface area contributed by atoms with E-state index < -0.39 is 4.92 Å². The zero-order chi connectivity index (χ0) is 17.7. The third-order valence-corrected chi connectivity index (χ3v) is 3.60. The van der Waals surface area contributed by atoms with Crippen LogP contribution in [0.1, 0.15) is 23.4 Å². The first kappa shape index (κ1) is 17.5.